The highest BCUT2D eigenvalue weighted by molar-refractivity contribution is 5.76. The monoisotopic (exact) mass is 470 g/mol. The topological polar surface area (TPSA) is 70.7 Å². The first-order valence-corrected chi connectivity index (χ1v) is 12.1. The van der Waals surface area contributed by atoms with Crippen LogP contribution in [0.1, 0.15) is 36.9 Å². The lowest BCUT2D eigenvalue weighted by atomic mass is 9.93. The van der Waals surface area contributed by atoms with Crippen molar-refractivity contribution in [3.05, 3.63) is 71.7 Å². The molecule has 1 aliphatic carbocycles. The Bertz CT molecular complexity index is 1430. The number of aryl methyl sites for hydroxylation is 1. The summed E-state index contributed by atoms with van der Waals surface area (Å²) < 4.78 is 15.2. The van der Waals surface area contributed by atoms with E-state index in [-0.39, 0.29) is 12.2 Å². The molecule has 1 saturated heterocycles. The molecule has 0 amide bonds. The predicted molar refractivity (Wildman–Crippen MR) is 133 cm³/mol. The van der Waals surface area contributed by atoms with E-state index >= 15 is 0 Å². The van der Waals surface area contributed by atoms with Crippen LogP contribution < -0.4 is 4.90 Å². The molecule has 7 heteroatoms. The number of anilines is 1. The number of piperidine rings is 1. The summed E-state index contributed by atoms with van der Waals surface area (Å²) in [6.07, 6.45) is 4.81. The number of carboxylic acid groups (broad SMARTS) is 1. The lowest BCUT2D eigenvalue weighted by Gasteiger charge is -2.35. The lowest BCUT2D eigenvalue weighted by molar-refractivity contribution is -0.136. The van der Waals surface area contributed by atoms with E-state index in [0.717, 1.165) is 65.4 Å². The zero-order valence-corrected chi connectivity index (χ0v) is 19.7. The van der Waals surface area contributed by atoms with Gasteiger partial charge in [0.2, 0.25) is 0 Å². The van der Waals surface area contributed by atoms with Gasteiger partial charge in [-0.1, -0.05) is 30.3 Å². The van der Waals surface area contributed by atoms with E-state index in [2.05, 4.69) is 4.90 Å². The number of nitrogens with zero attached hydrogens (tertiary/aromatic N) is 4. The molecule has 1 N–H and O–H groups in total. The second kappa shape index (κ2) is 8.18. The van der Waals surface area contributed by atoms with Crippen molar-refractivity contribution in [1.82, 2.24) is 14.6 Å². The van der Waals surface area contributed by atoms with Crippen LogP contribution in [0.15, 0.2) is 54.6 Å². The summed E-state index contributed by atoms with van der Waals surface area (Å²) in [5.74, 6) is -0.279. The number of aromatic nitrogens is 3. The zero-order valence-electron chi connectivity index (χ0n) is 19.7. The molecule has 6 nitrogen and oxygen atoms in total. The van der Waals surface area contributed by atoms with E-state index < -0.39 is 5.97 Å². The Morgan fingerprint density at radius 3 is 2.40 bits per heavy atom. The van der Waals surface area contributed by atoms with Crippen molar-refractivity contribution in [3.63, 3.8) is 0 Å². The molecular formula is C28H27FN4O2. The number of rotatable bonds is 5. The molecule has 2 aromatic carbocycles. The van der Waals surface area contributed by atoms with Crippen molar-refractivity contribution in [1.29, 1.82) is 0 Å². The van der Waals surface area contributed by atoms with Gasteiger partial charge < -0.3 is 10.0 Å². The van der Waals surface area contributed by atoms with E-state index in [9.17, 15) is 14.3 Å². The van der Waals surface area contributed by atoms with Crippen LogP contribution in [0.3, 0.4) is 0 Å². The van der Waals surface area contributed by atoms with Crippen LogP contribution in [-0.2, 0) is 11.2 Å². The Hall–Kier alpha value is -3.74. The SMILES string of the molecule is Cc1nc2cc(-c3cccc(-c4ccc(F)cc4)c3)nn2c(N2CCC3(CC2)CC3)c1CC(=O)O. The van der Waals surface area contributed by atoms with Gasteiger partial charge in [0.25, 0.3) is 0 Å². The third-order valence-corrected chi connectivity index (χ3v) is 7.62. The van der Waals surface area contributed by atoms with Crippen molar-refractivity contribution >= 4 is 17.4 Å². The van der Waals surface area contributed by atoms with Gasteiger partial charge >= 0.3 is 5.97 Å². The van der Waals surface area contributed by atoms with Crippen molar-refractivity contribution in [3.8, 4) is 22.4 Å². The van der Waals surface area contributed by atoms with Crippen LogP contribution in [-0.4, -0.2) is 38.8 Å². The van der Waals surface area contributed by atoms with Gasteiger partial charge in [-0.25, -0.2) is 9.37 Å². The minimum Gasteiger partial charge on any atom is -0.481 e. The maximum atomic E-state index is 13.4. The van der Waals surface area contributed by atoms with Crippen molar-refractivity contribution in [2.45, 2.75) is 39.0 Å². The molecule has 6 rings (SSSR count). The lowest BCUT2D eigenvalue weighted by Crippen LogP contribution is -2.37. The summed E-state index contributed by atoms with van der Waals surface area (Å²) in [5, 5.41) is 14.5. The first-order valence-electron chi connectivity index (χ1n) is 12.1. The Morgan fingerprint density at radius 2 is 1.71 bits per heavy atom. The predicted octanol–water partition coefficient (Wildman–Crippen LogP) is 5.52. The van der Waals surface area contributed by atoms with Crippen LogP contribution in [0.4, 0.5) is 10.2 Å². The molecule has 178 valence electrons. The smallest absolute Gasteiger partial charge is 0.308 e. The van der Waals surface area contributed by atoms with Gasteiger partial charge in [-0.15, -0.1) is 0 Å². The van der Waals surface area contributed by atoms with Gasteiger partial charge in [-0.3, -0.25) is 4.79 Å². The first-order chi connectivity index (χ1) is 16.9. The van der Waals surface area contributed by atoms with Gasteiger partial charge in [0.05, 0.1) is 12.1 Å². The number of carboxylic acids is 1. The van der Waals surface area contributed by atoms with E-state index in [1.54, 1.807) is 12.1 Å². The molecule has 0 radical (unpaired) electrons. The Morgan fingerprint density at radius 1 is 1.00 bits per heavy atom. The molecule has 0 unspecified atom stereocenters. The van der Waals surface area contributed by atoms with Gasteiger partial charge in [-0.2, -0.15) is 9.61 Å². The van der Waals surface area contributed by atoms with Gasteiger partial charge in [0.15, 0.2) is 5.65 Å². The van der Waals surface area contributed by atoms with E-state index in [0.29, 0.717) is 11.1 Å². The molecule has 3 heterocycles. The number of hydrogen-bond donors (Lipinski definition) is 1. The first kappa shape index (κ1) is 21.8. The van der Waals surface area contributed by atoms with E-state index in [1.165, 1.54) is 25.0 Å². The largest absolute Gasteiger partial charge is 0.481 e. The molecule has 0 bridgehead atoms. The third-order valence-electron chi connectivity index (χ3n) is 7.62. The van der Waals surface area contributed by atoms with Gasteiger partial charge in [-0.05, 0) is 67.3 Å². The second-order valence-electron chi connectivity index (χ2n) is 9.94. The van der Waals surface area contributed by atoms with E-state index in [4.69, 9.17) is 10.1 Å². The molecule has 35 heavy (non-hydrogen) atoms. The molecule has 0 atom stereocenters. The molecule has 4 aromatic rings. The summed E-state index contributed by atoms with van der Waals surface area (Å²) in [7, 11) is 0. The second-order valence-corrected chi connectivity index (χ2v) is 9.94. The standard InChI is InChI=1S/C28H27FN4O2/c1-18-23(16-26(34)35)27(32-13-11-28(9-10-28)12-14-32)33-25(30-18)17-24(31-33)21-4-2-3-20(15-21)19-5-7-22(29)8-6-19/h2-8,15,17H,9-14,16H2,1H3,(H,34,35). The van der Waals surface area contributed by atoms with Crippen molar-refractivity contribution in [2.75, 3.05) is 18.0 Å². The third kappa shape index (κ3) is 4.05. The Kier molecular flexibility index (Phi) is 5.09. The van der Waals surface area contributed by atoms with Crippen LogP contribution in [0.2, 0.25) is 0 Å². The molecule has 1 spiro atoms. The molecule has 1 saturated carbocycles. The molecule has 1 aliphatic heterocycles. The maximum absolute atomic E-state index is 13.4. The molecule has 2 aromatic heterocycles. The van der Waals surface area contributed by atoms with Crippen LogP contribution >= 0.6 is 0 Å². The van der Waals surface area contributed by atoms with Gasteiger partial charge in [0, 0.05) is 36.0 Å². The van der Waals surface area contributed by atoms with Crippen molar-refractivity contribution in [2.24, 2.45) is 5.41 Å². The number of halogens is 1. The normalized spacial score (nSPS) is 16.7. The zero-order chi connectivity index (χ0) is 24.2. The van der Waals surface area contributed by atoms with Crippen molar-refractivity contribution < 1.29 is 14.3 Å². The molecular weight excluding hydrogens is 443 g/mol. The summed E-state index contributed by atoms with van der Waals surface area (Å²) in [5.41, 5.74) is 6.28. The number of benzene rings is 2. The summed E-state index contributed by atoms with van der Waals surface area (Å²) in [4.78, 5) is 18.8. The highest BCUT2D eigenvalue weighted by Gasteiger charge is 2.45. The van der Waals surface area contributed by atoms with Crippen LogP contribution in [0, 0.1) is 18.2 Å². The number of hydrogen-bond acceptors (Lipinski definition) is 4. The minimum absolute atomic E-state index is 0.0823. The molecule has 2 aliphatic rings. The quantitative estimate of drug-likeness (QED) is 0.416. The average Bonchev–Trinajstić information content (AvgIpc) is 3.47. The Labute approximate surface area is 203 Å². The van der Waals surface area contributed by atoms with Crippen LogP contribution in [0.25, 0.3) is 28.0 Å². The fourth-order valence-corrected chi connectivity index (χ4v) is 5.33. The number of fused-ring (bicyclic) bond motifs is 1. The maximum Gasteiger partial charge on any atom is 0.308 e. The number of aliphatic carboxylic acids is 1. The average molecular weight is 471 g/mol. The summed E-state index contributed by atoms with van der Waals surface area (Å²) >= 11 is 0. The summed E-state index contributed by atoms with van der Waals surface area (Å²) in [6, 6.07) is 16.4. The summed E-state index contributed by atoms with van der Waals surface area (Å²) in [6.45, 7) is 3.69. The Balaban J connectivity index is 1.44. The van der Waals surface area contributed by atoms with E-state index in [1.807, 2.05) is 41.8 Å². The van der Waals surface area contributed by atoms with Gasteiger partial charge in [0.1, 0.15) is 11.6 Å². The number of carbonyl (C=O) groups is 1. The highest BCUT2D eigenvalue weighted by Crippen LogP contribution is 2.54. The fourth-order valence-electron chi connectivity index (χ4n) is 5.33. The fraction of sp³-hybridized carbons (Fsp3) is 0.321. The highest BCUT2D eigenvalue weighted by atomic mass is 19.1. The minimum atomic E-state index is -0.870. The van der Waals surface area contributed by atoms with Crippen LogP contribution in [0.5, 0.6) is 0 Å². The molecule has 2 fully saturated rings.